The first-order chi connectivity index (χ1) is 6.06. The first kappa shape index (κ1) is 9.92. The molecule has 0 spiro atoms. The van der Waals surface area contributed by atoms with E-state index in [1.807, 2.05) is 20.8 Å². The molecule has 0 unspecified atom stereocenters. The zero-order chi connectivity index (χ0) is 9.90. The maximum absolute atomic E-state index is 11.0. The maximum Gasteiger partial charge on any atom is 0.250 e. The zero-order valence-corrected chi connectivity index (χ0v) is 8.13. The van der Waals surface area contributed by atoms with Gasteiger partial charge in [0.1, 0.15) is 11.4 Å². The van der Waals surface area contributed by atoms with Gasteiger partial charge in [0.15, 0.2) is 0 Å². The molecular weight excluding hydrogens is 168 g/mol. The lowest BCUT2D eigenvalue weighted by Gasteiger charge is -2.22. The fraction of sp³-hybridized carbons (Fsp3) is 0.556. The van der Waals surface area contributed by atoms with Crippen molar-refractivity contribution in [3.8, 4) is 0 Å². The van der Waals surface area contributed by atoms with E-state index in [0.29, 0.717) is 12.4 Å². The van der Waals surface area contributed by atoms with Gasteiger partial charge >= 0.3 is 0 Å². The number of nitrogens with one attached hydrogen (secondary N) is 1. The molecule has 0 aromatic carbocycles. The van der Waals surface area contributed by atoms with Crippen LogP contribution in [-0.4, -0.2) is 16.6 Å². The lowest BCUT2D eigenvalue weighted by molar-refractivity contribution is -0.0209. The van der Waals surface area contributed by atoms with Crippen LogP contribution in [0.4, 0.5) is 0 Å². The molecule has 0 atom stereocenters. The Morgan fingerprint density at radius 3 is 2.85 bits per heavy atom. The molecule has 0 aliphatic heterocycles. The predicted octanol–water partition coefficient (Wildman–Crippen LogP) is 1.04. The summed E-state index contributed by atoms with van der Waals surface area (Å²) in [7, 11) is 0. The van der Waals surface area contributed by atoms with Gasteiger partial charge < -0.3 is 9.72 Å². The Morgan fingerprint density at radius 2 is 2.31 bits per heavy atom. The van der Waals surface area contributed by atoms with Crippen molar-refractivity contribution in [1.82, 2.24) is 9.97 Å². The van der Waals surface area contributed by atoms with Crippen LogP contribution in [0, 0.1) is 0 Å². The molecule has 0 aliphatic carbocycles. The second-order valence-electron chi connectivity index (χ2n) is 3.23. The lowest BCUT2D eigenvalue weighted by atomic mass is 10.1. The molecular formula is C9H14N2O2. The van der Waals surface area contributed by atoms with Crippen LogP contribution in [0.5, 0.6) is 0 Å². The van der Waals surface area contributed by atoms with E-state index in [2.05, 4.69) is 9.97 Å². The third-order valence-corrected chi connectivity index (χ3v) is 1.75. The summed E-state index contributed by atoms with van der Waals surface area (Å²) >= 11 is 0. The molecule has 0 aliphatic rings. The van der Waals surface area contributed by atoms with Crippen molar-refractivity contribution in [1.29, 1.82) is 0 Å². The molecule has 4 nitrogen and oxygen atoms in total. The standard InChI is InChI=1S/C9H14N2O2/c1-4-13-9(2,3)8-10-6-5-7(12)11-8/h5-6H,4H2,1-3H3,(H,10,11,12). The van der Waals surface area contributed by atoms with Gasteiger partial charge in [-0.1, -0.05) is 0 Å². The first-order valence-electron chi connectivity index (χ1n) is 4.26. The maximum atomic E-state index is 11.0. The van der Waals surface area contributed by atoms with Gasteiger partial charge in [0.2, 0.25) is 0 Å². The summed E-state index contributed by atoms with van der Waals surface area (Å²) in [6.07, 6.45) is 1.48. The molecule has 72 valence electrons. The van der Waals surface area contributed by atoms with Gasteiger partial charge in [0.05, 0.1) is 0 Å². The third kappa shape index (κ3) is 2.39. The number of hydrogen-bond donors (Lipinski definition) is 1. The Morgan fingerprint density at radius 1 is 1.62 bits per heavy atom. The fourth-order valence-corrected chi connectivity index (χ4v) is 1.11. The van der Waals surface area contributed by atoms with E-state index in [0.717, 1.165) is 0 Å². The molecule has 1 aromatic heterocycles. The van der Waals surface area contributed by atoms with E-state index in [1.54, 1.807) is 0 Å². The van der Waals surface area contributed by atoms with Crippen LogP contribution in [0.25, 0.3) is 0 Å². The average Bonchev–Trinajstić information content (AvgIpc) is 2.04. The van der Waals surface area contributed by atoms with Crippen molar-refractivity contribution in [3.05, 3.63) is 28.4 Å². The van der Waals surface area contributed by atoms with E-state index < -0.39 is 5.60 Å². The number of nitrogens with zero attached hydrogens (tertiary/aromatic N) is 1. The van der Waals surface area contributed by atoms with E-state index in [1.165, 1.54) is 12.3 Å². The summed E-state index contributed by atoms with van der Waals surface area (Å²) in [4.78, 5) is 17.7. The largest absolute Gasteiger partial charge is 0.368 e. The number of H-pyrrole nitrogens is 1. The molecule has 0 radical (unpaired) electrons. The minimum Gasteiger partial charge on any atom is -0.368 e. The molecule has 0 saturated heterocycles. The second kappa shape index (κ2) is 3.70. The van der Waals surface area contributed by atoms with E-state index in [-0.39, 0.29) is 5.56 Å². The lowest BCUT2D eigenvalue weighted by Crippen LogP contribution is -2.27. The van der Waals surface area contributed by atoms with Gasteiger partial charge in [-0.3, -0.25) is 4.79 Å². The van der Waals surface area contributed by atoms with Crippen molar-refractivity contribution in [2.45, 2.75) is 26.4 Å². The van der Waals surface area contributed by atoms with Gasteiger partial charge in [-0.25, -0.2) is 4.98 Å². The number of ether oxygens (including phenoxy) is 1. The smallest absolute Gasteiger partial charge is 0.250 e. The Labute approximate surface area is 77.0 Å². The molecule has 1 heterocycles. The highest BCUT2D eigenvalue weighted by Gasteiger charge is 2.22. The number of aromatic amines is 1. The van der Waals surface area contributed by atoms with Gasteiger partial charge in [-0.05, 0) is 20.8 Å². The molecule has 0 amide bonds. The summed E-state index contributed by atoms with van der Waals surface area (Å²) in [6, 6.07) is 1.38. The van der Waals surface area contributed by atoms with Gasteiger partial charge in [-0.15, -0.1) is 0 Å². The summed E-state index contributed by atoms with van der Waals surface area (Å²) in [5.41, 5.74) is -0.687. The van der Waals surface area contributed by atoms with E-state index in [9.17, 15) is 4.79 Å². The molecule has 1 N–H and O–H groups in total. The summed E-state index contributed by atoms with van der Waals surface area (Å²) < 4.78 is 5.44. The second-order valence-corrected chi connectivity index (χ2v) is 3.23. The summed E-state index contributed by atoms with van der Waals surface area (Å²) in [6.45, 7) is 6.23. The third-order valence-electron chi connectivity index (χ3n) is 1.75. The fourth-order valence-electron chi connectivity index (χ4n) is 1.11. The number of rotatable bonds is 3. The normalized spacial score (nSPS) is 11.6. The van der Waals surface area contributed by atoms with Crippen LogP contribution in [0.3, 0.4) is 0 Å². The molecule has 0 saturated carbocycles. The summed E-state index contributed by atoms with van der Waals surface area (Å²) in [5, 5.41) is 0. The average molecular weight is 182 g/mol. The Balaban J connectivity index is 2.99. The van der Waals surface area contributed by atoms with Gasteiger partial charge in [-0.2, -0.15) is 0 Å². The number of hydrogen-bond acceptors (Lipinski definition) is 3. The van der Waals surface area contributed by atoms with Crippen LogP contribution < -0.4 is 5.56 Å². The summed E-state index contributed by atoms with van der Waals surface area (Å²) in [5.74, 6) is 0.557. The molecule has 0 bridgehead atoms. The Kier molecular flexibility index (Phi) is 2.83. The monoisotopic (exact) mass is 182 g/mol. The van der Waals surface area contributed by atoms with Crippen molar-refractivity contribution < 1.29 is 4.74 Å². The number of aromatic nitrogens is 2. The van der Waals surface area contributed by atoms with Crippen LogP contribution in [-0.2, 0) is 10.3 Å². The van der Waals surface area contributed by atoms with Crippen LogP contribution >= 0.6 is 0 Å². The van der Waals surface area contributed by atoms with Crippen LogP contribution in [0.1, 0.15) is 26.6 Å². The SMILES string of the molecule is CCOC(C)(C)c1nccc(=O)[nH]1. The molecule has 1 rings (SSSR count). The van der Waals surface area contributed by atoms with Gasteiger partial charge in [0.25, 0.3) is 5.56 Å². The highest BCUT2D eigenvalue weighted by Crippen LogP contribution is 2.18. The Hall–Kier alpha value is -1.16. The minimum atomic E-state index is -0.533. The van der Waals surface area contributed by atoms with Crippen LogP contribution in [0.2, 0.25) is 0 Å². The first-order valence-corrected chi connectivity index (χ1v) is 4.26. The molecule has 1 aromatic rings. The highest BCUT2D eigenvalue weighted by molar-refractivity contribution is 4.98. The van der Waals surface area contributed by atoms with Crippen molar-refractivity contribution in [2.24, 2.45) is 0 Å². The van der Waals surface area contributed by atoms with Gasteiger partial charge in [0, 0.05) is 18.9 Å². The van der Waals surface area contributed by atoms with Crippen molar-refractivity contribution in [3.63, 3.8) is 0 Å². The predicted molar refractivity (Wildman–Crippen MR) is 49.5 cm³/mol. The quantitative estimate of drug-likeness (QED) is 0.760. The van der Waals surface area contributed by atoms with Crippen LogP contribution in [0.15, 0.2) is 17.1 Å². The van der Waals surface area contributed by atoms with E-state index in [4.69, 9.17) is 4.74 Å². The Bertz CT molecular complexity index is 330. The molecule has 13 heavy (non-hydrogen) atoms. The topological polar surface area (TPSA) is 55.0 Å². The highest BCUT2D eigenvalue weighted by atomic mass is 16.5. The molecule has 4 heteroatoms. The van der Waals surface area contributed by atoms with Crippen molar-refractivity contribution in [2.75, 3.05) is 6.61 Å². The zero-order valence-electron chi connectivity index (χ0n) is 8.13. The van der Waals surface area contributed by atoms with E-state index >= 15 is 0 Å². The molecule has 0 fully saturated rings. The minimum absolute atomic E-state index is 0.155. The van der Waals surface area contributed by atoms with Crippen molar-refractivity contribution >= 4 is 0 Å².